The standard InChI is InChI=1S/C16H21N3O2.ClH/c20-15(11-12-5-2-8-17-12)18-13-4-1-6-14(10-13)19-9-3-7-16(19)21;/h1,4,6,10,12,17H,2-3,5,7-9,11H2,(H,18,20);1H. The number of anilines is 2. The third kappa shape index (κ3) is 3.99. The molecule has 2 amide bonds. The Kier molecular flexibility index (Phi) is 5.80. The predicted octanol–water partition coefficient (Wildman–Crippen LogP) is 2.32. The minimum Gasteiger partial charge on any atom is -0.326 e. The third-order valence-corrected chi connectivity index (χ3v) is 4.11. The lowest BCUT2D eigenvalue weighted by atomic mass is 10.1. The fourth-order valence-corrected chi connectivity index (χ4v) is 3.04. The Morgan fingerprint density at radius 1 is 1.36 bits per heavy atom. The molecule has 1 atom stereocenters. The van der Waals surface area contributed by atoms with E-state index in [4.69, 9.17) is 0 Å². The molecule has 0 spiro atoms. The molecule has 2 saturated heterocycles. The Labute approximate surface area is 136 Å². The van der Waals surface area contributed by atoms with E-state index in [1.54, 1.807) is 4.90 Å². The second-order valence-corrected chi connectivity index (χ2v) is 5.74. The highest BCUT2D eigenvalue weighted by Gasteiger charge is 2.22. The van der Waals surface area contributed by atoms with Gasteiger partial charge in [-0.3, -0.25) is 9.59 Å². The number of hydrogen-bond acceptors (Lipinski definition) is 3. The molecule has 120 valence electrons. The normalized spacial score (nSPS) is 20.8. The highest BCUT2D eigenvalue weighted by atomic mass is 35.5. The molecule has 3 rings (SSSR count). The molecule has 1 aromatic carbocycles. The zero-order valence-corrected chi connectivity index (χ0v) is 13.3. The molecule has 1 unspecified atom stereocenters. The first kappa shape index (κ1) is 16.8. The van der Waals surface area contributed by atoms with Gasteiger partial charge in [0.1, 0.15) is 0 Å². The summed E-state index contributed by atoms with van der Waals surface area (Å²) in [5.74, 6) is 0.188. The predicted molar refractivity (Wildman–Crippen MR) is 89.5 cm³/mol. The van der Waals surface area contributed by atoms with E-state index in [1.165, 1.54) is 0 Å². The average molecular weight is 324 g/mol. The number of amides is 2. The van der Waals surface area contributed by atoms with Crippen LogP contribution in [0.15, 0.2) is 24.3 Å². The Balaban J connectivity index is 0.00000176. The summed E-state index contributed by atoms with van der Waals surface area (Å²) >= 11 is 0. The largest absolute Gasteiger partial charge is 0.326 e. The van der Waals surface area contributed by atoms with E-state index in [2.05, 4.69) is 10.6 Å². The van der Waals surface area contributed by atoms with Crippen LogP contribution in [0.25, 0.3) is 0 Å². The number of rotatable bonds is 4. The van der Waals surface area contributed by atoms with Gasteiger partial charge in [-0.05, 0) is 44.0 Å². The first-order chi connectivity index (χ1) is 10.2. The van der Waals surface area contributed by atoms with Crippen LogP contribution in [0.1, 0.15) is 32.1 Å². The quantitative estimate of drug-likeness (QED) is 0.894. The number of carbonyl (C=O) groups is 2. The van der Waals surface area contributed by atoms with E-state index in [0.717, 1.165) is 43.7 Å². The maximum atomic E-state index is 12.0. The molecular formula is C16H22ClN3O2. The van der Waals surface area contributed by atoms with Crippen molar-refractivity contribution in [3.8, 4) is 0 Å². The monoisotopic (exact) mass is 323 g/mol. The molecule has 1 aromatic rings. The highest BCUT2D eigenvalue weighted by molar-refractivity contribution is 5.97. The first-order valence-corrected chi connectivity index (χ1v) is 7.66. The Morgan fingerprint density at radius 2 is 2.23 bits per heavy atom. The van der Waals surface area contributed by atoms with Crippen LogP contribution in [0.5, 0.6) is 0 Å². The van der Waals surface area contributed by atoms with Crippen LogP contribution in [0, 0.1) is 0 Å². The number of nitrogens with zero attached hydrogens (tertiary/aromatic N) is 1. The van der Waals surface area contributed by atoms with Gasteiger partial charge < -0.3 is 15.5 Å². The summed E-state index contributed by atoms with van der Waals surface area (Å²) in [6.07, 6.45) is 4.24. The van der Waals surface area contributed by atoms with Gasteiger partial charge in [-0.2, -0.15) is 0 Å². The van der Waals surface area contributed by atoms with Crippen molar-refractivity contribution >= 4 is 35.6 Å². The fraction of sp³-hybridized carbons (Fsp3) is 0.500. The van der Waals surface area contributed by atoms with Crippen molar-refractivity contribution in [3.63, 3.8) is 0 Å². The summed E-state index contributed by atoms with van der Waals surface area (Å²) < 4.78 is 0. The second-order valence-electron chi connectivity index (χ2n) is 5.74. The minimum atomic E-state index is 0. The summed E-state index contributed by atoms with van der Waals surface area (Å²) in [5, 5.41) is 6.25. The van der Waals surface area contributed by atoms with Crippen molar-refractivity contribution in [2.75, 3.05) is 23.3 Å². The summed E-state index contributed by atoms with van der Waals surface area (Å²) in [6.45, 7) is 1.77. The molecule has 2 heterocycles. The van der Waals surface area contributed by atoms with Crippen LogP contribution >= 0.6 is 12.4 Å². The van der Waals surface area contributed by atoms with E-state index in [9.17, 15) is 9.59 Å². The molecule has 0 saturated carbocycles. The average Bonchev–Trinajstić information content (AvgIpc) is 3.10. The van der Waals surface area contributed by atoms with Gasteiger partial charge in [-0.25, -0.2) is 0 Å². The minimum absolute atomic E-state index is 0. The van der Waals surface area contributed by atoms with Crippen molar-refractivity contribution in [2.45, 2.75) is 38.1 Å². The summed E-state index contributed by atoms with van der Waals surface area (Å²) in [4.78, 5) is 25.6. The molecule has 2 N–H and O–H groups in total. The van der Waals surface area contributed by atoms with E-state index >= 15 is 0 Å². The van der Waals surface area contributed by atoms with Crippen LogP contribution in [-0.2, 0) is 9.59 Å². The van der Waals surface area contributed by atoms with Crippen LogP contribution in [0.2, 0.25) is 0 Å². The first-order valence-electron chi connectivity index (χ1n) is 7.66. The lowest BCUT2D eigenvalue weighted by Crippen LogP contribution is -2.27. The van der Waals surface area contributed by atoms with Gasteiger partial charge in [0.05, 0.1) is 0 Å². The molecule has 0 aliphatic carbocycles. The zero-order chi connectivity index (χ0) is 14.7. The number of halogens is 1. The molecular weight excluding hydrogens is 302 g/mol. The fourth-order valence-electron chi connectivity index (χ4n) is 3.04. The van der Waals surface area contributed by atoms with Crippen molar-refractivity contribution in [2.24, 2.45) is 0 Å². The Hall–Kier alpha value is -1.59. The van der Waals surface area contributed by atoms with Gasteiger partial charge in [-0.15, -0.1) is 12.4 Å². The smallest absolute Gasteiger partial charge is 0.227 e. The number of carbonyl (C=O) groups excluding carboxylic acids is 2. The van der Waals surface area contributed by atoms with Gasteiger partial charge >= 0.3 is 0 Å². The van der Waals surface area contributed by atoms with Crippen LogP contribution in [-0.4, -0.2) is 30.9 Å². The number of nitrogens with one attached hydrogen (secondary N) is 2. The van der Waals surface area contributed by atoms with E-state index in [-0.39, 0.29) is 24.2 Å². The Bertz CT molecular complexity index is 544. The van der Waals surface area contributed by atoms with Crippen molar-refractivity contribution < 1.29 is 9.59 Å². The van der Waals surface area contributed by atoms with E-state index in [0.29, 0.717) is 18.9 Å². The van der Waals surface area contributed by atoms with Gasteiger partial charge in [-0.1, -0.05) is 6.07 Å². The summed E-state index contributed by atoms with van der Waals surface area (Å²) in [7, 11) is 0. The molecule has 2 aliphatic heterocycles. The molecule has 2 aliphatic rings. The molecule has 5 nitrogen and oxygen atoms in total. The number of benzene rings is 1. The SMILES string of the molecule is Cl.O=C(CC1CCCN1)Nc1cccc(N2CCCC2=O)c1. The second kappa shape index (κ2) is 7.61. The maximum absolute atomic E-state index is 12.0. The molecule has 0 radical (unpaired) electrons. The van der Waals surface area contributed by atoms with Crippen molar-refractivity contribution in [3.05, 3.63) is 24.3 Å². The summed E-state index contributed by atoms with van der Waals surface area (Å²) in [5.41, 5.74) is 1.63. The van der Waals surface area contributed by atoms with Crippen LogP contribution in [0.4, 0.5) is 11.4 Å². The molecule has 22 heavy (non-hydrogen) atoms. The van der Waals surface area contributed by atoms with Crippen LogP contribution in [0.3, 0.4) is 0 Å². The Morgan fingerprint density at radius 3 is 2.91 bits per heavy atom. The topological polar surface area (TPSA) is 61.4 Å². The highest BCUT2D eigenvalue weighted by Crippen LogP contribution is 2.24. The molecule has 0 aromatic heterocycles. The van der Waals surface area contributed by atoms with Crippen LogP contribution < -0.4 is 15.5 Å². The lowest BCUT2D eigenvalue weighted by molar-refractivity contribution is -0.117. The van der Waals surface area contributed by atoms with E-state index in [1.807, 2.05) is 24.3 Å². The lowest BCUT2D eigenvalue weighted by Gasteiger charge is -2.17. The molecule has 2 fully saturated rings. The van der Waals surface area contributed by atoms with Gasteiger partial charge in [0.2, 0.25) is 11.8 Å². The number of hydrogen-bond donors (Lipinski definition) is 2. The van der Waals surface area contributed by atoms with E-state index < -0.39 is 0 Å². The molecule has 0 bridgehead atoms. The third-order valence-electron chi connectivity index (χ3n) is 4.11. The zero-order valence-electron chi connectivity index (χ0n) is 12.5. The van der Waals surface area contributed by atoms with Crippen molar-refractivity contribution in [1.82, 2.24) is 5.32 Å². The van der Waals surface area contributed by atoms with Gasteiger partial charge in [0, 0.05) is 36.8 Å². The van der Waals surface area contributed by atoms with Gasteiger partial charge in [0.25, 0.3) is 0 Å². The van der Waals surface area contributed by atoms with Crippen molar-refractivity contribution in [1.29, 1.82) is 0 Å². The maximum Gasteiger partial charge on any atom is 0.227 e. The molecule has 6 heteroatoms. The van der Waals surface area contributed by atoms with Gasteiger partial charge in [0.15, 0.2) is 0 Å². The summed E-state index contributed by atoms with van der Waals surface area (Å²) in [6, 6.07) is 7.84.